The van der Waals surface area contributed by atoms with Gasteiger partial charge >= 0.3 is 23.9 Å². The molecule has 2 rings (SSSR count). The molecule has 1 fully saturated rings. The zero-order chi connectivity index (χ0) is 29.2. The lowest BCUT2D eigenvalue weighted by molar-refractivity contribution is -0.185. The topological polar surface area (TPSA) is 139 Å². The average Bonchev–Trinajstić information content (AvgIpc) is 3.03. The van der Waals surface area contributed by atoms with E-state index in [9.17, 15) is 28.8 Å². The van der Waals surface area contributed by atoms with Crippen molar-refractivity contribution in [1.29, 1.82) is 0 Å². The molecule has 0 unspecified atom stereocenters. The van der Waals surface area contributed by atoms with E-state index in [0.717, 1.165) is 20.8 Å². The van der Waals surface area contributed by atoms with Gasteiger partial charge in [-0.15, -0.1) is 0 Å². The Bertz CT molecular complexity index is 1050. The Morgan fingerprint density at radius 1 is 0.895 bits per heavy atom. The van der Waals surface area contributed by atoms with Crippen molar-refractivity contribution < 1.29 is 47.7 Å². The van der Waals surface area contributed by atoms with Crippen molar-refractivity contribution in [3.63, 3.8) is 0 Å². The van der Waals surface area contributed by atoms with Crippen molar-refractivity contribution in [3.8, 4) is 0 Å². The molecule has 0 spiro atoms. The standard InChI is InChI=1S/C28H38O10/c1-14-10-11-27(8,9)22(33)12-21(35-17(4)29)16(3)25(37-19(6)31)23-24(36-18(5)30)15(2)13-28(23,26(14)34)38-20(7)32/h10-11,14-15,21,23-25H,3,12-13H2,1-2,4-9H3/b11-10+/t14-,15+,21-,23-,24+,25-,28-/m1/s1. The van der Waals surface area contributed by atoms with Crippen LogP contribution in [0.25, 0.3) is 0 Å². The second kappa shape index (κ2) is 11.6. The van der Waals surface area contributed by atoms with E-state index in [1.54, 1.807) is 39.8 Å². The molecule has 0 bridgehead atoms. The van der Waals surface area contributed by atoms with Crippen molar-refractivity contribution in [2.45, 2.75) is 92.1 Å². The van der Waals surface area contributed by atoms with E-state index in [0.29, 0.717) is 0 Å². The molecular formula is C28H38O10. The van der Waals surface area contributed by atoms with Crippen LogP contribution >= 0.6 is 0 Å². The van der Waals surface area contributed by atoms with Crippen LogP contribution in [0.1, 0.15) is 68.2 Å². The molecule has 0 aliphatic heterocycles. The smallest absolute Gasteiger partial charge is 0.303 e. The van der Waals surface area contributed by atoms with Gasteiger partial charge in [0, 0.05) is 57.4 Å². The van der Waals surface area contributed by atoms with E-state index >= 15 is 0 Å². The number of carbonyl (C=O) groups excluding carboxylic acids is 6. The van der Waals surface area contributed by atoms with E-state index in [2.05, 4.69) is 6.58 Å². The first-order valence-electron chi connectivity index (χ1n) is 12.6. The third-order valence-corrected chi connectivity index (χ3v) is 7.13. The molecule has 10 nitrogen and oxygen atoms in total. The first-order chi connectivity index (χ1) is 17.4. The molecule has 7 atom stereocenters. The van der Waals surface area contributed by atoms with Gasteiger partial charge in [0.1, 0.15) is 24.1 Å². The van der Waals surface area contributed by atoms with Gasteiger partial charge in [0.05, 0.1) is 5.92 Å². The molecule has 2 aliphatic rings. The Kier molecular flexibility index (Phi) is 9.45. The molecule has 2 aliphatic carbocycles. The highest BCUT2D eigenvalue weighted by atomic mass is 16.6. The van der Waals surface area contributed by atoms with Crippen LogP contribution in [0.15, 0.2) is 24.3 Å². The molecule has 0 saturated heterocycles. The summed E-state index contributed by atoms with van der Waals surface area (Å²) in [4.78, 5) is 76.4. The van der Waals surface area contributed by atoms with Gasteiger partial charge in [0.15, 0.2) is 11.4 Å². The molecule has 0 aromatic rings. The fraction of sp³-hybridized carbons (Fsp3) is 0.643. The van der Waals surface area contributed by atoms with Crippen molar-refractivity contribution in [2.75, 3.05) is 0 Å². The summed E-state index contributed by atoms with van der Waals surface area (Å²) in [6, 6.07) is 0. The first-order valence-corrected chi connectivity index (χ1v) is 12.6. The van der Waals surface area contributed by atoms with Crippen LogP contribution < -0.4 is 0 Å². The number of esters is 4. The fourth-order valence-electron chi connectivity index (χ4n) is 5.40. The van der Waals surface area contributed by atoms with Crippen LogP contribution in [-0.4, -0.2) is 59.4 Å². The van der Waals surface area contributed by atoms with Crippen LogP contribution in [0.3, 0.4) is 0 Å². The number of fused-ring (bicyclic) bond motifs is 1. The summed E-state index contributed by atoms with van der Waals surface area (Å²) in [5.74, 6) is -6.31. The lowest BCUT2D eigenvalue weighted by Gasteiger charge is -2.41. The zero-order valence-corrected chi connectivity index (χ0v) is 23.3. The van der Waals surface area contributed by atoms with E-state index < -0.39 is 76.7 Å². The maximum atomic E-state index is 14.2. The largest absolute Gasteiger partial charge is 0.462 e. The molecule has 0 radical (unpaired) electrons. The SMILES string of the molecule is C=C1[C@@H](OC(C)=O)[C@H]2[C@@H](OC(C)=O)[C@@H](C)C[C@]2(OC(C)=O)C(=O)[C@H](C)/C=C/C(C)(C)C(=O)C[C@H]1OC(C)=O. The van der Waals surface area contributed by atoms with Crippen molar-refractivity contribution in [3.05, 3.63) is 24.3 Å². The average molecular weight is 535 g/mol. The quantitative estimate of drug-likeness (QED) is 0.300. The lowest BCUT2D eigenvalue weighted by Crippen LogP contribution is -2.57. The number of hydrogen-bond acceptors (Lipinski definition) is 10. The predicted octanol–water partition coefficient (Wildman–Crippen LogP) is 3.06. The highest BCUT2D eigenvalue weighted by Gasteiger charge is 2.65. The van der Waals surface area contributed by atoms with E-state index in [1.165, 1.54) is 6.92 Å². The Morgan fingerprint density at radius 3 is 1.95 bits per heavy atom. The summed E-state index contributed by atoms with van der Waals surface area (Å²) in [5.41, 5.74) is -2.94. The summed E-state index contributed by atoms with van der Waals surface area (Å²) < 4.78 is 22.6. The molecule has 0 N–H and O–H groups in total. The third-order valence-electron chi connectivity index (χ3n) is 7.13. The maximum absolute atomic E-state index is 14.2. The summed E-state index contributed by atoms with van der Waals surface area (Å²) >= 11 is 0. The second-order valence-corrected chi connectivity index (χ2v) is 10.8. The number of allylic oxidation sites excluding steroid dienone is 2. The minimum absolute atomic E-state index is 0.00247. The Hall–Kier alpha value is -3.30. The number of carbonyl (C=O) groups is 6. The van der Waals surface area contributed by atoms with Crippen molar-refractivity contribution in [2.24, 2.45) is 23.2 Å². The Balaban J connectivity index is 2.94. The summed E-state index contributed by atoms with van der Waals surface area (Å²) in [6.07, 6.45) is -0.871. The number of rotatable bonds is 4. The van der Waals surface area contributed by atoms with Gasteiger partial charge in [0.25, 0.3) is 0 Å². The normalized spacial score (nSPS) is 34.2. The van der Waals surface area contributed by atoms with Crippen molar-refractivity contribution >= 4 is 35.4 Å². The van der Waals surface area contributed by atoms with Gasteiger partial charge in [0.2, 0.25) is 0 Å². The van der Waals surface area contributed by atoms with Crippen LogP contribution in [0.2, 0.25) is 0 Å². The number of ketones is 2. The van der Waals surface area contributed by atoms with Crippen molar-refractivity contribution in [1.82, 2.24) is 0 Å². The zero-order valence-electron chi connectivity index (χ0n) is 23.3. The molecule has 10 heteroatoms. The van der Waals surface area contributed by atoms with E-state index in [-0.39, 0.29) is 24.2 Å². The molecule has 0 aromatic carbocycles. The molecule has 1 saturated carbocycles. The first kappa shape index (κ1) is 30.9. The van der Waals surface area contributed by atoms with Crippen LogP contribution in [0, 0.1) is 23.2 Å². The summed E-state index contributed by atoms with van der Waals surface area (Å²) in [5, 5.41) is 0. The minimum Gasteiger partial charge on any atom is -0.462 e. The van der Waals surface area contributed by atoms with Gasteiger partial charge in [-0.05, 0) is 19.8 Å². The Morgan fingerprint density at radius 2 is 1.45 bits per heavy atom. The molecule has 0 aromatic heterocycles. The van der Waals surface area contributed by atoms with Gasteiger partial charge in [-0.1, -0.05) is 32.6 Å². The van der Waals surface area contributed by atoms with Crippen LogP contribution in [-0.2, 0) is 47.7 Å². The van der Waals surface area contributed by atoms with Crippen LogP contribution in [0.4, 0.5) is 0 Å². The molecule has 0 amide bonds. The third kappa shape index (κ3) is 6.57. The second-order valence-electron chi connectivity index (χ2n) is 10.8. The Labute approximate surface area is 223 Å². The molecule has 210 valence electrons. The predicted molar refractivity (Wildman–Crippen MR) is 134 cm³/mol. The number of Topliss-reactive ketones (excluding diaryl/α,β-unsaturated/α-hetero) is 2. The maximum Gasteiger partial charge on any atom is 0.303 e. The van der Waals surface area contributed by atoms with Gasteiger partial charge < -0.3 is 18.9 Å². The lowest BCUT2D eigenvalue weighted by atomic mass is 9.73. The van der Waals surface area contributed by atoms with Gasteiger partial charge in [-0.25, -0.2) is 0 Å². The summed E-state index contributed by atoms with van der Waals surface area (Å²) in [7, 11) is 0. The highest BCUT2D eigenvalue weighted by molar-refractivity contribution is 5.94. The molecule has 38 heavy (non-hydrogen) atoms. The molecular weight excluding hydrogens is 496 g/mol. The fourth-order valence-corrected chi connectivity index (χ4v) is 5.40. The van der Waals surface area contributed by atoms with E-state index in [4.69, 9.17) is 18.9 Å². The van der Waals surface area contributed by atoms with Gasteiger partial charge in [-0.3, -0.25) is 28.8 Å². The number of hydrogen-bond donors (Lipinski definition) is 0. The van der Waals surface area contributed by atoms with E-state index in [1.807, 2.05) is 0 Å². The monoisotopic (exact) mass is 534 g/mol. The summed E-state index contributed by atoms with van der Waals surface area (Å²) in [6.45, 7) is 15.3. The highest BCUT2D eigenvalue weighted by Crippen LogP contribution is 2.50. The molecule has 0 heterocycles. The van der Waals surface area contributed by atoms with Crippen LogP contribution in [0.5, 0.6) is 0 Å². The minimum atomic E-state index is -1.88. The van der Waals surface area contributed by atoms with Gasteiger partial charge in [-0.2, -0.15) is 0 Å². The number of ether oxygens (including phenoxy) is 4.